The minimum Gasteiger partial charge on any atom is -0.466 e. The Labute approximate surface area is 252 Å². The number of pyridine rings is 1. The van der Waals surface area contributed by atoms with Crippen LogP contribution in [-0.2, 0) is 19.6 Å². The molecule has 0 unspecified atom stereocenters. The van der Waals surface area contributed by atoms with Crippen molar-refractivity contribution in [3.05, 3.63) is 71.5 Å². The summed E-state index contributed by atoms with van der Waals surface area (Å²) in [5.74, 6) is -0.618. The van der Waals surface area contributed by atoms with Gasteiger partial charge in [-0.05, 0) is 69.6 Å². The summed E-state index contributed by atoms with van der Waals surface area (Å²) in [6, 6.07) is 7.85. The summed E-state index contributed by atoms with van der Waals surface area (Å²) >= 11 is 6.31. The number of hydrogen-bond donors (Lipinski definition) is 0. The van der Waals surface area contributed by atoms with E-state index in [4.69, 9.17) is 21.3 Å². The van der Waals surface area contributed by atoms with Crippen LogP contribution in [-0.4, -0.2) is 44.5 Å². The lowest BCUT2D eigenvalue weighted by Gasteiger charge is -2.47. The molecule has 5 aromatic rings. The predicted octanol–water partition coefficient (Wildman–Crippen LogP) is 6.33. The molecule has 43 heavy (non-hydrogen) atoms. The molecule has 2 bridgehead atoms. The first kappa shape index (κ1) is 28.0. The molecule has 9 nitrogen and oxygen atoms in total. The number of nitrogens with zero attached hydrogens (tertiary/aromatic N) is 5. The molecular weight excluding hydrogens is 593 g/mol. The van der Waals surface area contributed by atoms with Crippen molar-refractivity contribution >= 4 is 49.7 Å². The van der Waals surface area contributed by atoms with Crippen LogP contribution in [0, 0.1) is 30.5 Å². The monoisotopic (exact) mass is 621 g/mol. The van der Waals surface area contributed by atoms with Gasteiger partial charge in [0.25, 0.3) is 10.0 Å². The molecule has 3 fully saturated rings. The molecular formula is C31H29ClFN5O4S. The quantitative estimate of drug-likeness (QED) is 0.204. The maximum atomic E-state index is 15.4. The molecule has 1 aromatic carbocycles. The molecule has 2 atom stereocenters. The average Bonchev–Trinajstić information content (AvgIpc) is 3.55. The van der Waals surface area contributed by atoms with E-state index in [9.17, 15) is 13.2 Å². The standard InChI is InChI=1S/C31H29ClFN5O4S/c1-3-42-31(39)26-18-6-8-19(9-7-18)27(26)37-16-25(33)23-14-34-28(36-30(23)37)24-15-38(29-22(24)12-20(32)13-35-29)43(40,41)21-10-4-17(2)5-11-21/h4-5,10-16,18-19,26-27H,3,6-9H2,1-2H3/t18?,19?,26-,27-/m0/s1. The van der Waals surface area contributed by atoms with Crippen molar-refractivity contribution in [2.24, 2.45) is 17.8 Å². The second-order valence-corrected chi connectivity index (χ2v) is 13.7. The Hall–Kier alpha value is -3.83. The van der Waals surface area contributed by atoms with Crippen molar-refractivity contribution in [2.75, 3.05) is 6.61 Å². The van der Waals surface area contributed by atoms with E-state index < -0.39 is 21.8 Å². The summed E-state index contributed by atoms with van der Waals surface area (Å²) in [6.45, 7) is 3.94. The Morgan fingerprint density at radius 2 is 1.74 bits per heavy atom. The number of esters is 1. The molecule has 222 valence electrons. The first-order valence-electron chi connectivity index (χ1n) is 14.4. The first-order chi connectivity index (χ1) is 20.7. The lowest BCUT2D eigenvalue weighted by atomic mass is 9.61. The van der Waals surface area contributed by atoms with E-state index in [1.807, 2.05) is 6.92 Å². The van der Waals surface area contributed by atoms with Gasteiger partial charge in [0.1, 0.15) is 5.65 Å². The molecule has 0 aliphatic heterocycles. The van der Waals surface area contributed by atoms with Crippen LogP contribution in [0.5, 0.6) is 0 Å². The summed E-state index contributed by atoms with van der Waals surface area (Å²) < 4.78 is 51.2. The highest BCUT2D eigenvalue weighted by molar-refractivity contribution is 7.90. The Kier molecular flexibility index (Phi) is 6.77. The van der Waals surface area contributed by atoms with Crippen LogP contribution >= 0.6 is 11.6 Å². The normalized spacial score (nSPS) is 22.0. The molecule has 0 saturated heterocycles. The second-order valence-electron chi connectivity index (χ2n) is 11.4. The van der Waals surface area contributed by atoms with E-state index in [1.54, 1.807) is 41.8 Å². The number of ether oxygens (including phenoxy) is 1. The number of carbonyl (C=O) groups is 1. The molecule has 0 spiro atoms. The van der Waals surface area contributed by atoms with Crippen molar-refractivity contribution in [3.8, 4) is 11.4 Å². The number of aryl methyl sites for hydroxylation is 1. The van der Waals surface area contributed by atoms with Gasteiger partial charge in [0.05, 0.1) is 33.9 Å². The van der Waals surface area contributed by atoms with Crippen LogP contribution in [0.4, 0.5) is 4.39 Å². The van der Waals surface area contributed by atoms with Gasteiger partial charge >= 0.3 is 5.97 Å². The van der Waals surface area contributed by atoms with Gasteiger partial charge in [-0.2, -0.15) is 0 Å². The highest BCUT2D eigenvalue weighted by atomic mass is 35.5. The molecule has 4 aromatic heterocycles. The molecule has 8 rings (SSSR count). The fraction of sp³-hybridized carbons (Fsp3) is 0.355. The van der Waals surface area contributed by atoms with E-state index in [0.29, 0.717) is 21.6 Å². The molecule has 3 saturated carbocycles. The summed E-state index contributed by atoms with van der Waals surface area (Å²) in [6.07, 6.45) is 9.39. The van der Waals surface area contributed by atoms with Crippen LogP contribution in [0.3, 0.4) is 0 Å². The SMILES string of the molecule is CCOC(=O)[C@H]1C2CCC(CC2)[C@@H]1n1cc(F)c2cnc(-c3cn(S(=O)(=O)c4ccc(C)cc4)c4ncc(Cl)cc34)nc21. The minimum absolute atomic E-state index is 0.1000. The Bertz CT molecular complexity index is 2000. The largest absolute Gasteiger partial charge is 0.466 e. The third kappa shape index (κ3) is 4.51. The molecule has 3 aliphatic carbocycles. The van der Waals surface area contributed by atoms with Gasteiger partial charge in [-0.1, -0.05) is 29.3 Å². The maximum Gasteiger partial charge on any atom is 0.311 e. The topological polar surface area (TPSA) is 109 Å². The second kappa shape index (κ2) is 10.4. The Balaban J connectivity index is 1.40. The van der Waals surface area contributed by atoms with Gasteiger partial charge in [-0.25, -0.2) is 31.7 Å². The molecule has 0 radical (unpaired) electrons. The zero-order valence-corrected chi connectivity index (χ0v) is 25.1. The highest BCUT2D eigenvalue weighted by Crippen LogP contribution is 2.52. The number of halogens is 2. The molecule has 12 heteroatoms. The van der Waals surface area contributed by atoms with Crippen molar-refractivity contribution in [1.82, 2.24) is 23.5 Å². The molecule has 4 heterocycles. The third-order valence-corrected chi connectivity index (χ3v) is 10.8. The summed E-state index contributed by atoms with van der Waals surface area (Å²) in [5.41, 5.74) is 1.81. The highest BCUT2D eigenvalue weighted by Gasteiger charge is 2.49. The Morgan fingerprint density at radius 3 is 2.47 bits per heavy atom. The van der Waals surface area contributed by atoms with E-state index in [0.717, 1.165) is 35.2 Å². The first-order valence-corrected chi connectivity index (χ1v) is 16.2. The maximum absolute atomic E-state index is 15.4. The number of hydrogen-bond acceptors (Lipinski definition) is 7. The number of benzene rings is 1. The van der Waals surface area contributed by atoms with Gasteiger partial charge in [0.15, 0.2) is 17.3 Å². The van der Waals surface area contributed by atoms with Crippen LogP contribution in [0.1, 0.15) is 44.2 Å². The molecule has 3 aliphatic rings. The fourth-order valence-electron chi connectivity index (χ4n) is 6.98. The van der Waals surface area contributed by atoms with E-state index >= 15 is 4.39 Å². The third-order valence-electron chi connectivity index (χ3n) is 8.98. The minimum atomic E-state index is -4.04. The zero-order valence-electron chi connectivity index (χ0n) is 23.6. The zero-order chi connectivity index (χ0) is 30.0. The van der Waals surface area contributed by atoms with Gasteiger partial charge in [-0.3, -0.25) is 4.79 Å². The number of carbonyl (C=O) groups excluding carboxylic acids is 1. The summed E-state index contributed by atoms with van der Waals surface area (Å²) in [7, 11) is -4.04. The van der Waals surface area contributed by atoms with Gasteiger partial charge in [-0.15, -0.1) is 0 Å². The molecule has 0 N–H and O–H groups in total. The van der Waals surface area contributed by atoms with Crippen molar-refractivity contribution < 1.29 is 22.3 Å². The average molecular weight is 622 g/mol. The van der Waals surface area contributed by atoms with Gasteiger partial charge in [0.2, 0.25) is 0 Å². The Morgan fingerprint density at radius 1 is 1.02 bits per heavy atom. The van der Waals surface area contributed by atoms with E-state index in [2.05, 4.69) is 9.97 Å². The van der Waals surface area contributed by atoms with Crippen molar-refractivity contribution in [2.45, 2.75) is 50.5 Å². The van der Waals surface area contributed by atoms with Crippen LogP contribution in [0.25, 0.3) is 33.5 Å². The van der Waals surface area contributed by atoms with E-state index in [1.165, 1.54) is 24.8 Å². The van der Waals surface area contributed by atoms with Crippen LogP contribution < -0.4 is 0 Å². The number of fused-ring (bicyclic) bond motifs is 5. The summed E-state index contributed by atoms with van der Waals surface area (Å²) in [4.78, 5) is 26.9. The fourth-order valence-corrected chi connectivity index (χ4v) is 8.46. The smallest absolute Gasteiger partial charge is 0.311 e. The molecule has 0 amide bonds. The van der Waals surface area contributed by atoms with Crippen molar-refractivity contribution in [1.29, 1.82) is 0 Å². The van der Waals surface area contributed by atoms with Crippen LogP contribution in [0.2, 0.25) is 5.02 Å². The van der Waals surface area contributed by atoms with Gasteiger partial charge in [0, 0.05) is 35.7 Å². The van der Waals surface area contributed by atoms with Crippen LogP contribution in [0.15, 0.2) is 60.0 Å². The number of aromatic nitrogens is 5. The van der Waals surface area contributed by atoms with E-state index in [-0.39, 0.29) is 52.2 Å². The van der Waals surface area contributed by atoms with Crippen molar-refractivity contribution in [3.63, 3.8) is 0 Å². The predicted molar refractivity (Wildman–Crippen MR) is 160 cm³/mol. The summed E-state index contributed by atoms with van der Waals surface area (Å²) in [5, 5.41) is 0.965. The number of rotatable bonds is 6. The lowest BCUT2D eigenvalue weighted by Crippen LogP contribution is -2.45. The lowest BCUT2D eigenvalue weighted by molar-refractivity contribution is -0.157. The van der Waals surface area contributed by atoms with Gasteiger partial charge < -0.3 is 9.30 Å².